The lowest BCUT2D eigenvalue weighted by atomic mass is 9.95. The van der Waals surface area contributed by atoms with E-state index in [4.69, 9.17) is 0 Å². The molecule has 17 heteroatoms. The molecule has 2 heterocycles. The van der Waals surface area contributed by atoms with Crippen molar-refractivity contribution >= 4 is 43.6 Å². The Kier molecular flexibility index (Phi) is 10.7. The third kappa shape index (κ3) is 8.06. The van der Waals surface area contributed by atoms with Crippen molar-refractivity contribution in [1.29, 1.82) is 15.8 Å². The van der Waals surface area contributed by atoms with Crippen LogP contribution in [-0.2, 0) is 24.7 Å². The van der Waals surface area contributed by atoms with Crippen LogP contribution in [0.15, 0.2) is 152 Å². The van der Waals surface area contributed by atoms with Crippen LogP contribution in [0.25, 0.3) is 88.4 Å². The maximum Gasteiger partial charge on any atom is 0.416 e. The largest absolute Gasteiger partial charge is 0.416 e. The van der Waals surface area contributed by atoms with E-state index >= 15 is 0 Å². The highest BCUT2D eigenvalue weighted by atomic mass is 19.4. The minimum absolute atomic E-state index is 0.0152. The van der Waals surface area contributed by atoms with Crippen LogP contribution < -0.4 is 0 Å². The third-order valence-corrected chi connectivity index (χ3v) is 12.4. The molecule has 72 heavy (non-hydrogen) atoms. The molecule has 0 spiro atoms. The quantitative estimate of drug-likeness (QED) is 0.161. The van der Waals surface area contributed by atoms with Crippen LogP contribution in [0.3, 0.4) is 0 Å². The lowest BCUT2D eigenvalue weighted by Gasteiger charge is -2.20. The lowest BCUT2D eigenvalue weighted by molar-refractivity contribution is -0.144. The van der Waals surface area contributed by atoms with Gasteiger partial charge in [-0.3, -0.25) is 0 Å². The van der Waals surface area contributed by atoms with E-state index in [1.54, 1.807) is 63.7 Å². The molecule has 0 N–H and O–H groups in total. The molecule has 2 aromatic heterocycles. The number of hydrogen-bond donors (Lipinski definition) is 0. The fraction of sp³-hybridized carbons (Fsp3) is 0.0727. The monoisotopic (exact) mass is 983 g/mol. The first-order valence-corrected chi connectivity index (χ1v) is 21.3. The Morgan fingerprint density at radius 2 is 0.694 bits per heavy atom. The second kappa shape index (κ2) is 16.6. The van der Waals surface area contributed by atoms with Gasteiger partial charge in [0.15, 0.2) is 0 Å². The molecular formula is C55H25F12N5. The van der Waals surface area contributed by atoms with Crippen molar-refractivity contribution in [3.63, 3.8) is 0 Å². The van der Waals surface area contributed by atoms with Crippen LogP contribution in [-0.4, -0.2) is 9.13 Å². The minimum atomic E-state index is -5.12. The van der Waals surface area contributed by atoms with Crippen molar-refractivity contribution in [2.75, 3.05) is 0 Å². The Morgan fingerprint density at radius 1 is 0.319 bits per heavy atom. The van der Waals surface area contributed by atoms with Crippen molar-refractivity contribution in [2.45, 2.75) is 24.7 Å². The van der Waals surface area contributed by atoms with E-state index in [0.29, 0.717) is 73.6 Å². The van der Waals surface area contributed by atoms with Gasteiger partial charge in [0.2, 0.25) is 0 Å². The molecule has 0 fully saturated rings. The Hall–Kier alpha value is -9.01. The maximum absolute atomic E-state index is 14.1. The topological polar surface area (TPSA) is 81.2 Å². The van der Waals surface area contributed by atoms with Crippen molar-refractivity contribution in [1.82, 2.24) is 9.13 Å². The van der Waals surface area contributed by atoms with Crippen molar-refractivity contribution < 1.29 is 52.7 Å². The van der Waals surface area contributed by atoms with Crippen molar-refractivity contribution in [3.8, 4) is 63.0 Å². The summed E-state index contributed by atoms with van der Waals surface area (Å²) >= 11 is 0. The van der Waals surface area contributed by atoms with Crippen molar-refractivity contribution in [3.05, 3.63) is 191 Å². The molecule has 5 nitrogen and oxygen atoms in total. The summed E-state index contributed by atoms with van der Waals surface area (Å²) in [5.41, 5.74) is -3.71. The van der Waals surface area contributed by atoms with Crippen LogP contribution >= 0.6 is 0 Å². The van der Waals surface area contributed by atoms with Gasteiger partial charge in [0.1, 0.15) is 0 Å². The molecular weight excluding hydrogens is 959 g/mol. The highest BCUT2D eigenvalue weighted by molar-refractivity contribution is 6.13. The maximum atomic E-state index is 14.1. The van der Waals surface area contributed by atoms with Crippen LogP contribution in [0.2, 0.25) is 0 Å². The van der Waals surface area contributed by atoms with Crippen molar-refractivity contribution in [2.24, 2.45) is 0 Å². The number of nitrogens with zero attached hydrogens (tertiary/aromatic N) is 5. The molecule has 0 amide bonds. The summed E-state index contributed by atoms with van der Waals surface area (Å²) in [6.07, 6.45) is -20.5. The summed E-state index contributed by atoms with van der Waals surface area (Å²) in [7, 11) is 0. The average molecular weight is 984 g/mol. The molecule has 0 saturated heterocycles. The molecule has 10 rings (SSSR count). The average Bonchev–Trinajstić information content (AvgIpc) is 3.86. The van der Waals surface area contributed by atoms with Gasteiger partial charge < -0.3 is 9.13 Å². The first-order valence-electron chi connectivity index (χ1n) is 21.3. The lowest BCUT2D eigenvalue weighted by Crippen LogP contribution is -2.11. The van der Waals surface area contributed by atoms with E-state index in [1.165, 1.54) is 60.7 Å². The summed E-state index contributed by atoms with van der Waals surface area (Å²) in [5.74, 6) is 0. The van der Waals surface area contributed by atoms with Gasteiger partial charge in [-0.2, -0.15) is 68.5 Å². The van der Waals surface area contributed by atoms with Crippen LogP contribution in [0.5, 0.6) is 0 Å². The minimum Gasteiger partial charge on any atom is -0.307 e. The first-order chi connectivity index (χ1) is 34.0. The SMILES string of the molecule is N#Cc1cc(C#N)cc(-c2cc(-n3c4ccccc4c4cc(-c5cc(C(F)(F)F)cc(C(F)(F)F)c5)ccc43)c(-n3c4ccccc4c4cc(-c5cc(C(F)(F)F)cc(C(F)(F)F)c5)ccc43)cc2C#N)c1. The van der Waals surface area contributed by atoms with E-state index < -0.39 is 47.0 Å². The Labute approximate surface area is 398 Å². The number of nitriles is 3. The number of hydrogen-bond acceptors (Lipinski definition) is 3. The molecule has 354 valence electrons. The van der Waals surface area contributed by atoms with Gasteiger partial charge in [-0.25, -0.2) is 0 Å². The van der Waals surface area contributed by atoms with E-state index in [0.717, 1.165) is 0 Å². The second-order valence-electron chi connectivity index (χ2n) is 16.8. The predicted octanol–water partition coefficient (Wildman–Crippen LogP) is 16.6. The Balaban J connectivity index is 1.29. The summed E-state index contributed by atoms with van der Waals surface area (Å²) in [4.78, 5) is 0. The highest BCUT2D eigenvalue weighted by Crippen LogP contribution is 2.45. The number of aromatic nitrogens is 2. The molecule has 10 aromatic rings. The Bertz CT molecular complexity index is 3940. The van der Waals surface area contributed by atoms with E-state index in [1.807, 2.05) is 12.1 Å². The summed E-state index contributed by atoms with van der Waals surface area (Å²) in [5, 5.41) is 32.5. The van der Waals surface area contributed by atoms with Gasteiger partial charge in [0, 0.05) is 27.1 Å². The molecule has 0 radical (unpaired) electrons. The molecule has 0 bridgehead atoms. The number of benzene rings is 8. The van der Waals surface area contributed by atoms with Gasteiger partial charge >= 0.3 is 24.7 Å². The fourth-order valence-corrected chi connectivity index (χ4v) is 9.25. The molecule has 8 aromatic carbocycles. The highest BCUT2D eigenvalue weighted by Gasteiger charge is 2.39. The summed E-state index contributed by atoms with van der Waals surface area (Å²) in [6, 6.07) is 38.5. The zero-order chi connectivity index (χ0) is 51.2. The number of rotatable bonds is 5. The van der Waals surface area contributed by atoms with Crippen LogP contribution in [0, 0.1) is 34.0 Å². The predicted molar refractivity (Wildman–Crippen MR) is 246 cm³/mol. The molecule has 0 atom stereocenters. The van der Waals surface area contributed by atoms with Crippen LogP contribution in [0.4, 0.5) is 52.7 Å². The third-order valence-electron chi connectivity index (χ3n) is 12.4. The number of para-hydroxylation sites is 2. The number of alkyl halides is 12. The normalized spacial score (nSPS) is 12.4. The Morgan fingerprint density at radius 3 is 1.07 bits per heavy atom. The van der Waals surface area contributed by atoms with E-state index in [2.05, 4.69) is 6.07 Å². The molecule has 0 saturated carbocycles. The molecule has 0 aliphatic heterocycles. The van der Waals surface area contributed by atoms with Gasteiger partial charge in [-0.15, -0.1) is 0 Å². The summed E-state index contributed by atoms with van der Waals surface area (Å²) < 4.78 is 172. The van der Waals surface area contributed by atoms with Gasteiger partial charge in [0.25, 0.3) is 0 Å². The smallest absolute Gasteiger partial charge is 0.307 e. The molecule has 0 unspecified atom stereocenters. The molecule has 0 aliphatic carbocycles. The number of fused-ring (bicyclic) bond motifs is 6. The van der Waals surface area contributed by atoms with Gasteiger partial charge in [0.05, 0.1) is 90.6 Å². The zero-order valence-electron chi connectivity index (χ0n) is 36.2. The number of halogens is 12. The first kappa shape index (κ1) is 46.7. The van der Waals surface area contributed by atoms with Gasteiger partial charge in [-0.05, 0) is 131 Å². The second-order valence-corrected chi connectivity index (χ2v) is 16.8. The summed E-state index contributed by atoms with van der Waals surface area (Å²) in [6.45, 7) is 0. The van der Waals surface area contributed by atoms with E-state index in [-0.39, 0.29) is 67.9 Å². The van der Waals surface area contributed by atoms with Gasteiger partial charge in [-0.1, -0.05) is 48.5 Å². The fourth-order valence-electron chi connectivity index (χ4n) is 9.25. The van der Waals surface area contributed by atoms with E-state index in [9.17, 15) is 68.5 Å². The molecule has 0 aliphatic rings. The van der Waals surface area contributed by atoms with Crippen LogP contribution in [0.1, 0.15) is 38.9 Å². The zero-order valence-corrected chi connectivity index (χ0v) is 36.2. The standard InChI is InChI=1S/C55H25F12N5/c56-52(57,58)37-16-33(17-38(23-37)53(59,60)61)31-9-11-48-44(20-31)41-5-1-3-7-46(41)71(48)50-22-36(28-70)43(35-14-29(26-68)13-30(15-35)27-69)25-51(50)72-47-8-4-2-6-42(47)45-21-32(10-12-49(45)72)34-18-39(54(62,63)64)24-40(19-34)55(65,66)67/h1-25H.